The van der Waals surface area contributed by atoms with E-state index in [1.54, 1.807) is 24.0 Å². The fourth-order valence-corrected chi connectivity index (χ4v) is 4.65. The zero-order valence-electron chi connectivity index (χ0n) is 18.8. The van der Waals surface area contributed by atoms with Crippen LogP contribution in [0.5, 0.6) is 0 Å². The van der Waals surface area contributed by atoms with Gasteiger partial charge in [-0.1, -0.05) is 11.6 Å². The molecule has 0 amide bonds. The minimum Gasteiger partial charge on any atom is -0.370 e. The van der Waals surface area contributed by atoms with Gasteiger partial charge in [0.2, 0.25) is 0 Å². The van der Waals surface area contributed by atoms with Crippen molar-refractivity contribution in [2.75, 3.05) is 0 Å². The first-order valence-corrected chi connectivity index (χ1v) is 11.3. The first kappa shape index (κ1) is 22.6. The average molecular weight is 486 g/mol. The van der Waals surface area contributed by atoms with Crippen molar-refractivity contribution in [1.82, 2.24) is 24.1 Å². The highest BCUT2D eigenvalue weighted by Gasteiger charge is 2.32. The number of halogens is 3. The fourth-order valence-electron chi connectivity index (χ4n) is 4.51. The smallest absolute Gasteiger partial charge is 0.277 e. The molecule has 5 rings (SSSR count). The van der Waals surface area contributed by atoms with Crippen LogP contribution in [0.25, 0.3) is 16.9 Å². The molecule has 34 heavy (non-hydrogen) atoms. The summed E-state index contributed by atoms with van der Waals surface area (Å²) in [6.45, 7) is 3.58. The molecule has 3 atom stereocenters. The number of benzene rings is 1. The van der Waals surface area contributed by atoms with Gasteiger partial charge in [-0.05, 0) is 38.8 Å². The van der Waals surface area contributed by atoms with Crippen LogP contribution >= 0.6 is 11.6 Å². The number of nitrogens with zero attached hydrogens (tertiary/aromatic N) is 5. The Morgan fingerprint density at radius 1 is 1.18 bits per heavy atom. The predicted molar refractivity (Wildman–Crippen MR) is 123 cm³/mol. The van der Waals surface area contributed by atoms with E-state index in [-0.39, 0.29) is 40.1 Å². The van der Waals surface area contributed by atoms with Gasteiger partial charge in [0.15, 0.2) is 5.65 Å². The maximum absolute atomic E-state index is 14.8. The van der Waals surface area contributed by atoms with Gasteiger partial charge < -0.3 is 4.74 Å². The van der Waals surface area contributed by atoms with Gasteiger partial charge in [0.1, 0.15) is 22.4 Å². The van der Waals surface area contributed by atoms with E-state index in [1.807, 2.05) is 20.2 Å². The standard InChI is InChI=1S/C24H22ClF2N5O2/c1-12-6-14(7-20(34-12)15-9-28-31(3)10-15)19-11-32-23(29-13(2)21(25)24(32)33)22(30-19)17-5-4-16(26)8-18(17)27/h4-5,8-12,14,20H,6-7H2,1-3H3/t12-,14+,20+/m0/s1. The number of aromatic nitrogens is 5. The van der Waals surface area contributed by atoms with Crippen LogP contribution in [0.15, 0.2) is 41.6 Å². The summed E-state index contributed by atoms with van der Waals surface area (Å²) >= 11 is 6.20. The second kappa shape index (κ2) is 8.56. The Hall–Kier alpha value is -3.17. The molecule has 176 valence electrons. The Bertz CT molecular complexity index is 1470. The molecule has 7 nitrogen and oxygen atoms in total. The number of fused-ring (bicyclic) bond motifs is 1. The Morgan fingerprint density at radius 3 is 2.68 bits per heavy atom. The summed E-state index contributed by atoms with van der Waals surface area (Å²) in [5.41, 5.74) is 1.73. The SMILES string of the molecule is Cc1nc2c(-c3ccc(F)cc3F)nc([C@@H]3C[C@H](C)O[C@@H](c4cnn(C)c4)C3)cn2c(=O)c1Cl. The Balaban J connectivity index is 1.69. The van der Waals surface area contributed by atoms with Crippen molar-refractivity contribution in [3.8, 4) is 11.3 Å². The summed E-state index contributed by atoms with van der Waals surface area (Å²) in [6.07, 6.45) is 6.26. The Kier molecular flexibility index (Phi) is 5.69. The van der Waals surface area contributed by atoms with Crippen LogP contribution < -0.4 is 5.56 Å². The lowest BCUT2D eigenvalue weighted by atomic mass is 9.87. The molecular formula is C24H22ClF2N5O2. The lowest BCUT2D eigenvalue weighted by molar-refractivity contribution is -0.0506. The third-order valence-electron chi connectivity index (χ3n) is 6.15. The molecule has 0 radical (unpaired) electrons. The molecule has 0 bridgehead atoms. The molecule has 3 aromatic heterocycles. The second-order valence-corrected chi connectivity index (χ2v) is 9.08. The number of ether oxygens (including phenoxy) is 1. The van der Waals surface area contributed by atoms with Crippen molar-refractivity contribution in [1.29, 1.82) is 0 Å². The molecule has 1 aliphatic heterocycles. The summed E-state index contributed by atoms with van der Waals surface area (Å²) in [4.78, 5) is 22.2. The molecule has 1 fully saturated rings. The van der Waals surface area contributed by atoms with Gasteiger partial charge in [0.25, 0.3) is 5.56 Å². The van der Waals surface area contributed by atoms with Crippen molar-refractivity contribution in [3.63, 3.8) is 0 Å². The number of hydrogen-bond acceptors (Lipinski definition) is 5. The Morgan fingerprint density at radius 2 is 1.97 bits per heavy atom. The minimum absolute atomic E-state index is 0.0197. The molecule has 4 aromatic rings. The summed E-state index contributed by atoms with van der Waals surface area (Å²) in [7, 11) is 1.84. The van der Waals surface area contributed by atoms with Crippen molar-refractivity contribution >= 4 is 17.2 Å². The Labute approximate surface area is 199 Å². The lowest BCUT2D eigenvalue weighted by Gasteiger charge is -2.33. The van der Waals surface area contributed by atoms with E-state index in [4.69, 9.17) is 21.3 Å². The van der Waals surface area contributed by atoms with Gasteiger partial charge in [0, 0.05) is 42.6 Å². The predicted octanol–water partition coefficient (Wildman–Crippen LogP) is 4.75. The maximum atomic E-state index is 14.8. The summed E-state index contributed by atoms with van der Waals surface area (Å²) in [5, 5.41) is 4.22. The number of aryl methyl sites for hydroxylation is 2. The van der Waals surface area contributed by atoms with Crippen LogP contribution in [-0.2, 0) is 11.8 Å². The molecule has 1 aromatic carbocycles. The molecule has 0 unspecified atom stereocenters. The molecule has 1 saturated heterocycles. The van der Waals surface area contributed by atoms with E-state index in [0.717, 1.165) is 17.7 Å². The van der Waals surface area contributed by atoms with Gasteiger partial charge in [0.05, 0.1) is 29.8 Å². The lowest BCUT2D eigenvalue weighted by Crippen LogP contribution is -2.27. The van der Waals surface area contributed by atoms with Gasteiger partial charge in [-0.3, -0.25) is 13.9 Å². The van der Waals surface area contributed by atoms with Crippen molar-refractivity contribution in [2.45, 2.75) is 44.8 Å². The van der Waals surface area contributed by atoms with E-state index >= 15 is 0 Å². The number of hydrogen-bond donors (Lipinski definition) is 0. The molecule has 10 heteroatoms. The van der Waals surface area contributed by atoms with E-state index < -0.39 is 17.2 Å². The van der Waals surface area contributed by atoms with Crippen LogP contribution in [-0.4, -0.2) is 30.3 Å². The van der Waals surface area contributed by atoms with E-state index in [1.165, 1.54) is 10.5 Å². The van der Waals surface area contributed by atoms with Gasteiger partial charge in [-0.15, -0.1) is 0 Å². The summed E-state index contributed by atoms with van der Waals surface area (Å²) in [5.74, 6) is -1.58. The van der Waals surface area contributed by atoms with E-state index in [2.05, 4.69) is 10.1 Å². The highest BCUT2D eigenvalue weighted by atomic mass is 35.5. The third-order valence-corrected chi connectivity index (χ3v) is 6.59. The molecule has 1 aliphatic rings. The fraction of sp³-hybridized carbons (Fsp3) is 0.333. The highest BCUT2D eigenvalue weighted by Crippen LogP contribution is 2.40. The van der Waals surface area contributed by atoms with Gasteiger partial charge >= 0.3 is 0 Å². The maximum Gasteiger partial charge on any atom is 0.277 e. The van der Waals surface area contributed by atoms with Gasteiger partial charge in [-0.25, -0.2) is 18.7 Å². The molecular weight excluding hydrogens is 464 g/mol. The second-order valence-electron chi connectivity index (χ2n) is 8.70. The average Bonchev–Trinajstić information content (AvgIpc) is 3.23. The van der Waals surface area contributed by atoms with E-state index in [9.17, 15) is 13.6 Å². The molecule has 0 saturated carbocycles. The van der Waals surface area contributed by atoms with Crippen LogP contribution in [0.3, 0.4) is 0 Å². The third kappa shape index (κ3) is 3.99. The van der Waals surface area contributed by atoms with Crippen molar-refractivity contribution in [3.05, 3.63) is 80.8 Å². The van der Waals surface area contributed by atoms with Crippen LogP contribution in [0.2, 0.25) is 5.02 Å². The zero-order valence-corrected chi connectivity index (χ0v) is 19.6. The molecule has 0 spiro atoms. The quantitative estimate of drug-likeness (QED) is 0.418. The van der Waals surface area contributed by atoms with Crippen LogP contribution in [0.1, 0.15) is 48.7 Å². The summed E-state index contributed by atoms with van der Waals surface area (Å²) < 4.78 is 37.6. The first-order valence-electron chi connectivity index (χ1n) is 10.9. The van der Waals surface area contributed by atoms with Crippen molar-refractivity contribution < 1.29 is 13.5 Å². The molecule has 0 N–H and O–H groups in total. The highest BCUT2D eigenvalue weighted by molar-refractivity contribution is 6.31. The molecule has 4 heterocycles. The zero-order chi connectivity index (χ0) is 24.1. The normalized spacial score (nSPS) is 20.7. The summed E-state index contributed by atoms with van der Waals surface area (Å²) in [6, 6.07) is 3.24. The molecule has 0 aliphatic carbocycles. The van der Waals surface area contributed by atoms with Crippen LogP contribution in [0.4, 0.5) is 8.78 Å². The van der Waals surface area contributed by atoms with Crippen molar-refractivity contribution in [2.24, 2.45) is 7.05 Å². The van der Waals surface area contributed by atoms with E-state index in [0.29, 0.717) is 24.2 Å². The monoisotopic (exact) mass is 485 g/mol. The minimum atomic E-state index is -0.790. The van der Waals surface area contributed by atoms with Gasteiger partial charge in [-0.2, -0.15) is 5.10 Å². The number of rotatable bonds is 3. The first-order chi connectivity index (χ1) is 16.2. The largest absolute Gasteiger partial charge is 0.370 e. The van der Waals surface area contributed by atoms with Crippen LogP contribution in [0, 0.1) is 18.6 Å². The topological polar surface area (TPSA) is 74.3 Å².